The average Bonchev–Trinajstić information content (AvgIpc) is 3.45. The van der Waals surface area contributed by atoms with Crippen LogP contribution in [0.1, 0.15) is 28.8 Å². The lowest BCUT2D eigenvalue weighted by molar-refractivity contribution is 0.102. The SMILES string of the molecule is C=C(OCCCn1ccnc1)N1CCc2nc(NC3Cc4ccccc4C3)ncc2C1. The van der Waals surface area contributed by atoms with Gasteiger partial charge in [-0.15, -0.1) is 0 Å². The molecule has 31 heavy (non-hydrogen) atoms. The highest BCUT2D eigenvalue weighted by atomic mass is 16.5. The first-order valence-corrected chi connectivity index (χ1v) is 10.9. The van der Waals surface area contributed by atoms with Crippen LogP contribution in [0.2, 0.25) is 0 Å². The number of benzene rings is 1. The second-order valence-corrected chi connectivity index (χ2v) is 8.25. The van der Waals surface area contributed by atoms with E-state index in [1.54, 1.807) is 6.20 Å². The molecule has 0 radical (unpaired) electrons. The van der Waals surface area contributed by atoms with E-state index in [0.29, 0.717) is 12.6 Å². The monoisotopic (exact) mass is 416 g/mol. The topological polar surface area (TPSA) is 68.1 Å². The highest BCUT2D eigenvalue weighted by Crippen LogP contribution is 2.25. The smallest absolute Gasteiger partial charge is 0.223 e. The Bertz CT molecular complexity index is 1020. The fourth-order valence-electron chi connectivity index (χ4n) is 4.39. The largest absolute Gasteiger partial charge is 0.479 e. The van der Waals surface area contributed by atoms with Crippen LogP contribution in [0.25, 0.3) is 0 Å². The molecule has 7 heteroatoms. The molecule has 3 aromatic rings. The third-order valence-electron chi connectivity index (χ3n) is 6.06. The molecule has 0 bridgehead atoms. The Morgan fingerprint density at radius 2 is 2.03 bits per heavy atom. The summed E-state index contributed by atoms with van der Waals surface area (Å²) in [5.74, 6) is 1.46. The van der Waals surface area contributed by atoms with E-state index >= 15 is 0 Å². The zero-order valence-corrected chi connectivity index (χ0v) is 17.7. The van der Waals surface area contributed by atoms with Crippen LogP contribution in [-0.4, -0.2) is 43.6 Å². The van der Waals surface area contributed by atoms with Crippen molar-refractivity contribution in [1.29, 1.82) is 0 Å². The van der Waals surface area contributed by atoms with E-state index in [-0.39, 0.29) is 0 Å². The minimum Gasteiger partial charge on any atom is -0.479 e. The predicted molar refractivity (Wildman–Crippen MR) is 119 cm³/mol. The highest BCUT2D eigenvalue weighted by molar-refractivity contribution is 5.39. The molecule has 2 aliphatic rings. The van der Waals surface area contributed by atoms with Crippen molar-refractivity contribution < 1.29 is 4.74 Å². The fourth-order valence-corrected chi connectivity index (χ4v) is 4.39. The molecule has 0 amide bonds. The third kappa shape index (κ3) is 4.55. The lowest BCUT2D eigenvalue weighted by Crippen LogP contribution is -2.32. The summed E-state index contributed by atoms with van der Waals surface area (Å²) in [5, 5.41) is 3.53. The van der Waals surface area contributed by atoms with Crippen molar-refractivity contribution in [2.75, 3.05) is 18.5 Å². The van der Waals surface area contributed by atoms with Crippen LogP contribution in [-0.2, 0) is 37.1 Å². The van der Waals surface area contributed by atoms with Crippen molar-refractivity contribution in [3.63, 3.8) is 0 Å². The van der Waals surface area contributed by atoms with E-state index in [0.717, 1.165) is 68.4 Å². The van der Waals surface area contributed by atoms with Gasteiger partial charge in [0, 0.05) is 56.3 Å². The van der Waals surface area contributed by atoms with Gasteiger partial charge in [-0.3, -0.25) is 0 Å². The molecule has 0 atom stereocenters. The van der Waals surface area contributed by atoms with Crippen molar-refractivity contribution in [3.8, 4) is 0 Å². The van der Waals surface area contributed by atoms with Gasteiger partial charge >= 0.3 is 0 Å². The number of hydrogen-bond acceptors (Lipinski definition) is 6. The van der Waals surface area contributed by atoms with Gasteiger partial charge in [0.2, 0.25) is 5.95 Å². The Balaban J connectivity index is 1.12. The molecule has 1 N–H and O–H groups in total. The number of ether oxygens (including phenoxy) is 1. The lowest BCUT2D eigenvalue weighted by atomic mass is 10.1. The molecule has 7 nitrogen and oxygen atoms in total. The first-order valence-electron chi connectivity index (χ1n) is 10.9. The molecule has 0 saturated heterocycles. The number of fused-ring (bicyclic) bond motifs is 2. The number of rotatable bonds is 8. The second-order valence-electron chi connectivity index (χ2n) is 8.25. The Kier molecular flexibility index (Phi) is 5.56. The van der Waals surface area contributed by atoms with Crippen LogP contribution < -0.4 is 5.32 Å². The molecule has 1 aromatic carbocycles. The maximum Gasteiger partial charge on any atom is 0.223 e. The number of imidazole rings is 1. The van der Waals surface area contributed by atoms with Gasteiger partial charge in [-0.25, -0.2) is 15.0 Å². The molecule has 160 valence electrons. The molecular formula is C24H28N6O. The van der Waals surface area contributed by atoms with Crippen LogP contribution >= 0.6 is 0 Å². The second kappa shape index (κ2) is 8.79. The van der Waals surface area contributed by atoms with Crippen LogP contribution in [0, 0.1) is 0 Å². The van der Waals surface area contributed by atoms with E-state index in [4.69, 9.17) is 9.72 Å². The van der Waals surface area contributed by atoms with Crippen LogP contribution in [0.5, 0.6) is 0 Å². The Labute approximate surface area is 182 Å². The Hall–Kier alpha value is -3.35. The summed E-state index contributed by atoms with van der Waals surface area (Å²) in [6.45, 7) is 7.26. The zero-order chi connectivity index (χ0) is 21.0. The number of aromatic nitrogens is 4. The van der Waals surface area contributed by atoms with Gasteiger partial charge in [0.25, 0.3) is 0 Å². The van der Waals surface area contributed by atoms with Gasteiger partial charge in [0.1, 0.15) is 0 Å². The van der Waals surface area contributed by atoms with Gasteiger partial charge in [-0.2, -0.15) is 0 Å². The summed E-state index contributed by atoms with van der Waals surface area (Å²) >= 11 is 0. The number of nitrogens with one attached hydrogen (secondary N) is 1. The highest BCUT2D eigenvalue weighted by Gasteiger charge is 2.23. The summed E-state index contributed by atoms with van der Waals surface area (Å²) in [7, 11) is 0. The number of nitrogens with zero attached hydrogens (tertiary/aromatic N) is 5. The van der Waals surface area contributed by atoms with Crippen LogP contribution in [0.3, 0.4) is 0 Å². The van der Waals surface area contributed by atoms with E-state index in [1.165, 1.54) is 11.1 Å². The van der Waals surface area contributed by atoms with Crippen molar-refractivity contribution in [2.24, 2.45) is 0 Å². The van der Waals surface area contributed by atoms with Gasteiger partial charge in [0.05, 0.1) is 18.6 Å². The molecule has 0 fully saturated rings. The Morgan fingerprint density at radius 3 is 2.81 bits per heavy atom. The standard InChI is InChI=1S/C24H28N6O/c1-18(31-12-4-9-29-11-8-25-17-29)30-10-7-23-21(16-30)15-26-24(28-23)27-22-13-19-5-2-3-6-20(19)14-22/h2-3,5-6,8,11,15,17,22H,1,4,7,9-10,12-14,16H2,(H,26,27,28). The minimum absolute atomic E-state index is 0.367. The van der Waals surface area contributed by atoms with Crippen LogP contribution in [0.4, 0.5) is 5.95 Å². The number of anilines is 1. The molecule has 0 saturated carbocycles. The Morgan fingerprint density at radius 1 is 1.19 bits per heavy atom. The fraction of sp³-hybridized carbons (Fsp3) is 0.375. The van der Waals surface area contributed by atoms with Crippen molar-refractivity contribution in [1.82, 2.24) is 24.4 Å². The van der Waals surface area contributed by atoms with E-state index < -0.39 is 0 Å². The van der Waals surface area contributed by atoms with E-state index in [2.05, 4.69) is 55.6 Å². The molecule has 0 spiro atoms. The molecule has 1 aliphatic carbocycles. The van der Waals surface area contributed by atoms with Crippen molar-refractivity contribution in [3.05, 3.63) is 84.0 Å². The summed E-state index contributed by atoms with van der Waals surface area (Å²) in [6.07, 6.45) is 11.4. The first-order chi connectivity index (χ1) is 15.2. The van der Waals surface area contributed by atoms with Gasteiger partial charge in [-0.05, 0) is 37.0 Å². The normalized spacial score (nSPS) is 15.4. The maximum atomic E-state index is 5.88. The van der Waals surface area contributed by atoms with E-state index in [9.17, 15) is 0 Å². The van der Waals surface area contributed by atoms with Crippen LogP contribution in [0.15, 0.2) is 61.6 Å². The molecular weight excluding hydrogens is 388 g/mol. The maximum absolute atomic E-state index is 5.88. The minimum atomic E-state index is 0.367. The van der Waals surface area contributed by atoms with Crippen molar-refractivity contribution in [2.45, 2.75) is 44.8 Å². The third-order valence-corrected chi connectivity index (χ3v) is 6.06. The number of aryl methyl sites for hydroxylation is 1. The van der Waals surface area contributed by atoms with Gasteiger partial charge in [0.15, 0.2) is 5.88 Å². The molecule has 2 aromatic heterocycles. The van der Waals surface area contributed by atoms with E-state index in [1.807, 2.05) is 18.7 Å². The first kappa shape index (κ1) is 19.6. The van der Waals surface area contributed by atoms with Gasteiger partial charge < -0.3 is 19.5 Å². The molecule has 3 heterocycles. The zero-order valence-electron chi connectivity index (χ0n) is 17.7. The summed E-state index contributed by atoms with van der Waals surface area (Å²) in [6, 6.07) is 9.02. The summed E-state index contributed by atoms with van der Waals surface area (Å²) < 4.78 is 7.93. The molecule has 1 aliphatic heterocycles. The summed E-state index contributed by atoms with van der Waals surface area (Å²) in [4.78, 5) is 15.6. The molecule has 0 unspecified atom stereocenters. The van der Waals surface area contributed by atoms with Crippen molar-refractivity contribution >= 4 is 5.95 Å². The average molecular weight is 417 g/mol. The quantitative estimate of drug-likeness (QED) is 0.449. The number of hydrogen-bond donors (Lipinski definition) is 1. The predicted octanol–water partition coefficient (Wildman–Crippen LogP) is 3.19. The summed E-state index contributed by atoms with van der Waals surface area (Å²) in [5.41, 5.74) is 5.13. The lowest BCUT2D eigenvalue weighted by Gasteiger charge is -2.31. The van der Waals surface area contributed by atoms with Gasteiger partial charge in [-0.1, -0.05) is 24.3 Å². The molecule has 5 rings (SSSR count).